The second-order valence-electron chi connectivity index (χ2n) is 6.99. The molecule has 3 aromatic rings. The molecule has 148 valence electrons. The van der Waals surface area contributed by atoms with Crippen molar-refractivity contribution in [3.05, 3.63) is 65.1 Å². The number of amides is 2. The van der Waals surface area contributed by atoms with Gasteiger partial charge in [-0.2, -0.15) is 0 Å². The Morgan fingerprint density at radius 2 is 2.14 bits per heavy atom. The molecule has 0 saturated carbocycles. The number of ether oxygens (including phenoxy) is 1. The van der Waals surface area contributed by atoms with Crippen molar-refractivity contribution in [3.8, 4) is 0 Å². The number of hydrogen-bond donors (Lipinski definition) is 1. The molecule has 0 spiro atoms. The molecule has 0 radical (unpaired) electrons. The van der Waals surface area contributed by atoms with E-state index in [2.05, 4.69) is 10.3 Å². The number of carbonyl (C=O) groups excluding carboxylic acids is 2. The third-order valence-electron chi connectivity index (χ3n) is 4.85. The molecule has 0 bridgehead atoms. The number of fused-ring (bicyclic) bond motifs is 2. The summed E-state index contributed by atoms with van der Waals surface area (Å²) < 4.78 is 11.2. The van der Waals surface area contributed by atoms with Crippen molar-refractivity contribution in [1.29, 1.82) is 0 Å². The van der Waals surface area contributed by atoms with Gasteiger partial charge >= 0.3 is 0 Å². The van der Waals surface area contributed by atoms with E-state index in [1.165, 1.54) is 6.08 Å². The maximum absolute atomic E-state index is 12.5. The summed E-state index contributed by atoms with van der Waals surface area (Å²) in [5.41, 5.74) is 3.39. The number of furan rings is 1. The number of carbonyl (C=O) groups is 2. The molecule has 2 amide bonds. The summed E-state index contributed by atoms with van der Waals surface area (Å²) in [6.45, 7) is 2.68. The Hall–Kier alpha value is -3.45. The zero-order valence-corrected chi connectivity index (χ0v) is 16.3. The van der Waals surface area contributed by atoms with Crippen LogP contribution in [0.2, 0.25) is 0 Å². The van der Waals surface area contributed by atoms with Crippen LogP contribution in [-0.4, -0.2) is 35.4 Å². The Kier molecular flexibility index (Phi) is 5.14. The van der Waals surface area contributed by atoms with Gasteiger partial charge in [0.05, 0.1) is 13.2 Å². The minimum absolute atomic E-state index is 0.00597. The van der Waals surface area contributed by atoms with Crippen molar-refractivity contribution in [2.24, 2.45) is 0 Å². The molecule has 0 aliphatic carbocycles. The van der Waals surface area contributed by atoms with Gasteiger partial charge in [0.1, 0.15) is 23.8 Å². The lowest BCUT2D eigenvalue weighted by molar-refractivity contribution is -0.125. The van der Waals surface area contributed by atoms with Crippen LogP contribution in [-0.2, 0) is 27.5 Å². The molecule has 7 heteroatoms. The molecule has 4 rings (SSSR count). The van der Waals surface area contributed by atoms with E-state index in [1.54, 1.807) is 24.2 Å². The predicted molar refractivity (Wildman–Crippen MR) is 109 cm³/mol. The number of likely N-dealkylation sites (N-methyl/N-ethyl adjacent to an activating group) is 1. The molecular weight excluding hydrogens is 370 g/mol. The molecule has 1 aliphatic rings. The third-order valence-corrected chi connectivity index (χ3v) is 4.85. The standard InChI is InChI=1S/C22H21N3O4/c1-14-17-5-3-4-6-18(17)29-19(14)11-25(2)21(27)8-7-15-9-16-12-28-13-20(26)24-22(16)23-10-15/h3-10H,11-13H2,1-2H3,(H,23,24,26)/b8-7+. The van der Waals surface area contributed by atoms with Crippen LogP contribution < -0.4 is 5.32 Å². The fourth-order valence-electron chi connectivity index (χ4n) is 3.23. The normalized spacial score (nSPS) is 13.9. The number of aryl methyl sites for hydroxylation is 1. The number of anilines is 1. The van der Waals surface area contributed by atoms with E-state index in [4.69, 9.17) is 9.15 Å². The molecule has 1 N–H and O–H groups in total. The van der Waals surface area contributed by atoms with Crippen molar-refractivity contribution in [1.82, 2.24) is 9.88 Å². The largest absolute Gasteiger partial charge is 0.459 e. The van der Waals surface area contributed by atoms with E-state index in [0.29, 0.717) is 19.0 Å². The number of para-hydroxylation sites is 1. The average Bonchev–Trinajstić information content (AvgIpc) is 2.90. The smallest absolute Gasteiger partial charge is 0.251 e. The predicted octanol–water partition coefficient (Wildman–Crippen LogP) is 3.28. The molecular formula is C22H21N3O4. The Bertz CT molecular complexity index is 1120. The molecule has 0 unspecified atom stereocenters. The second kappa shape index (κ2) is 7.89. The Morgan fingerprint density at radius 3 is 2.97 bits per heavy atom. The molecule has 1 aromatic carbocycles. The lowest BCUT2D eigenvalue weighted by Gasteiger charge is -2.14. The molecule has 1 aliphatic heterocycles. The number of pyridine rings is 1. The van der Waals surface area contributed by atoms with Gasteiger partial charge in [0.2, 0.25) is 5.91 Å². The quantitative estimate of drug-likeness (QED) is 0.690. The van der Waals surface area contributed by atoms with E-state index in [0.717, 1.165) is 33.4 Å². The fraction of sp³-hybridized carbons (Fsp3) is 0.227. The summed E-state index contributed by atoms with van der Waals surface area (Å²) in [5.74, 6) is 0.894. The van der Waals surface area contributed by atoms with Crippen LogP contribution in [0.15, 0.2) is 47.0 Å². The molecule has 7 nitrogen and oxygen atoms in total. The number of nitrogens with one attached hydrogen (secondary N) is 1. The van der Waals surface area contributed by atoms with Gasteiger partial charge in [0.25, 0.3) is 5.91 Å². The highest BCUT2D eigenvalue weighted by Gasteiger charge is 2.16. The van der Waals surface area contributed by atoms with Gasteiger partial charge in [-0.15, -0.1) is 0 Å². The maximum Gasteiger partial charge on any atom is 0.251 e. The first-order valence-corrected chi connectivity index (χ1v) is 9.28. The van der Waals surface area contributed by atoms with E-state index in [1.807, 2.05) is 37.3 Å². The Labute approximate surface area is 168 Å². The molecule has 0 fully saturated rings. The molecule has 3 heterocycles. The van der Waals surface area contributed by atoms with Gasteiger partial charge in [-0.1, -0.05) is 18.2 Å². The van der Waals surface area contributed by atoms with Crippen LogP contribution in [0.1, 0.15) is 22.5 Å². The molecule has 0 atom stereocenters. The minimum Gasteiger partial charge on any atom is -0.459 e. The van der Waals surface area contributed by atoms with Gasteiger partial charge in [0, 0.05) is 35.8 Å². The van der Waals surface area contributed by atoms with Crippen molar-refractivity contribution in [2.75, 3.05) is 19.0 Å². The summed E-state index contributed by atoms with van der Waals surface area (Å²) in [7, 11) is 1.73. The third kappa shape index (κ3) is 4.05. The zero-order chi connectivity index (χ0) is 20.4. The summed E-state index contributed by atoms with van der Waals surface area (Å²) in [6, 6.07) is 9.68. The van der Waals surface area contributed by atoms with Crippen LogP contribution >= 0.6 is 0 Å². The van der Waals surface area contributed by atoms with Crippen molar-refractivity contribution >= 4 is 34.7 Å². The van der Waals surface area contributed by atoms with Crippen LogP contribution in [0.25, 0.3) is 17.0 Å². The van der Waals surface area contributed by atoms with Crippen LogP contribution in [0.4, 0.5) is 5.82 Å². The Morgan fingerprint density at radius 1 is 1.31 bits per heavy atom. The van der Waals surface area contributed by atoms with Gasteiger partial charge < -0.3 is 19.4 Å². The fourth-order valence-corrected chi connectivity index (χ4v) is 3.23. The van der Waals surface area contributed by atoms with Crippen LogP contribution in [0, 0.1) is 6.92 Å². The molecule has 0 saturated heterocycles. The highest BCUT2D eigenvalue weighted by Crippen LogP contribution is 2.25. The van der Waals surface area contributed by atoms with Crippen molar-refractivity contribution in [2.45, 2.75) is 20.1 Å². The first kappa shape index (κ1) is 18.9. The lowest BCUT2D eigenvalue weighted by atomic mass is 10.1. The maximum atomic E-state index is 12.5. The van der Waals surface area contributed by atoms with Gasteiger partial charge in [-0.05, 0) is 30.7 Å². The van der Waals surface area contributed by atoms with Gasteiger partial charge in [-0.25, -0.2) is 4.98 Å². The summed E-state index contributed by atoms with van der Waals surface area (Å²) in [5, 5.41) is 3.75. The number of hydrogen-bond acceptors (Lipinski definition) is 5. The van der Waals surface area contributed by atoms with E-state index >= 15 is 0 Å². The van der Waals surface area contributed by atoms with Crippen molar-refractivity contribution in [3.63, 3.8) is 0 Å². The SMILES string of the molecule is Cc1c(CN(C)C(=O)/C=C/c2cnc3c(c2)COCC(=O)N3)oc2ccccc12. The first-order valence-electron chi connectivity index (χ1n) is 9.28. The minimum atomic E-state index is -0.225. The van der Waals surface area contributed by atoms with Crippen LogP contribution in [0.3, 0.4) is 0 Å². The van der Waals surface area contributed by atoms with Crippen LogP contribution in [0.5, 0.6) is 0 Å². The average molecular weight is 391 g/mol. The highest BCUT2D eigenvalue weighted by atomic mass is 16.5. The van der Waals surface area contributed by atoms with E-state index in [9.17, 15) is 9.59 Å². The first-order chi connectivity index (χ1) is 14.0. The topological polar surface area (TPSA) is 84.7 Å². The summed E-state index contributed by atoms with van der Waals surface area (Å²) in [6.07, 6.45) is 4.81. The lowest BCUT2D eigenvalue weighted by Crippen LogP contribution is -2.24. The molecule has 2 aromatic heterocycles. The van der Waals surface area contributed by atoms with Crippen molar-refractivity contribution < 1.29 is 18.7 Å². The number of rotatable bonds is 4. The van der Waals surface area contributed by atoms with Gasteiger partial charge in [-0.3, -0.25) is 9.59 Å². The Balaban J connectivity index is 1.45. The van der Waals surface area contributed by atoms with E-state index < -0.39 is 0 Å². The van der Waals surface area contributed by atoms with Gasteiger partial charge in [0.15, 0.2) is 0 Å². The monoisotopic (exact) mass is 391 g/mol. The summed E-state index contributed by atoms with van der Waals surface area (Å²) in [4.78, 5) is 29.9. The zero-order valence-electron chi connectivity index (χ0n) is 16.3. The highest BCUT2D eigenvalue weighted by molar-refractivity contribution is 5.93. The molecule has 29 heavy (non-hydrogen) atoms. The number of nitrogens with zero attached hydrogens (tertiary/aromatic N) is 2. The number of aromatic nitrogens is 1. The van der Waals surface area contributed by atoms with E-state index in [-0.39, 0.29) is 18.4 Å². The summed E-state index contributed by atoms with van der Waals surface area (Å²) >= 11 is 0. The second-order valence-corrected chi connectivity index (χ2v) is 6.99. The number of benzene rings is 1.